The lowest BCUT2D eigenvalue weighted by Gasteiger charge is -2.31. The molecule has 2 heterocycles. The quantitative estimate of drug-likeness (QED) is 0.0538. The summed E-state index contributed by atoms with van der Waals surface area (Å²) in [5.74, 6) is -0.258. The second-order valence-corrected chi connectivity index (χ2v) is 16.6. The molecule has 294 valence electrons. The zero-order valence-corrected chi connectivity index (χ0v) is 32.6. The second kappa shape index (κ2) is 17.5. The molecular weight excluding hydrogens is 723 g/mol. The van der Waals surface area contributed by atoms with Crippen LogP contribution >= 0.6 is 7.82 Å². The van der Waals surface area contributed by atoms with E-state index < -0.39 is 36.6 Å². The van der Waals surface area contributed by atoms with Crippen molar-refractivity contribution in [1.82, 2.24) is 25.5 Å². The number of H-pyrrole nitrogens is 1. The SMILES string of the molecule is COc1cc2c(Nc3cc(CC(=O)Nc4cccc(F)c4F)[nH]n3)ncnc2cc1OCCC(CC1CC1)NCCOP(=O)(OC(C)(C)C)OC(C)(C)C. The molecule has 1 fully saturated rings. The summed E-state index contributed by atoms with van der Waals surface area (Å²) in [6.07, 6.45) is 5.34. The lowest BCUT2D eigenvalue weighted by atomic mass is 10.1. The normalized spacial score (nSPS) is 14.2. The standard InChI is InChI=1S/C37H50F2N7O7P/c1-36(2,3)52-54(48,53-37(4,5)6)51-16-14-40-24(17-23-11-12-23)13-15-50-31-21-29-26(20-30(31)49-7)35(42-22-41-29)44-32-18-25(45-46-32)19-33(47)43-28-10-8-9-27(38)34(28)39/h8-10,18,20-24,40H,11-17,19H2,1-7H3,(H,43,47)(H2,41,42,44,45,46). The molecule has 0 radical (unpaired) electrons. The number of ether oxygens (including phenoxy) is 2. The van der Waals surface area contributed by atoms with E-state index in [0.29, 0.717) is 65.2 Å². The maximum atomic E-state index is 14.0. The van der Waals surface area contributed by atoms with Crippen LogP contribution in [-0.4, -0.2) is 70.2 Å². The Kier molecular flexibility index (Phi) is 13.3. The number of methoxy groups -OCH3 is 1. The van der Waals surface area contributed by atoms with Crippen molar-refractivity contribution in [3.8, 4) is 11.5 Å². The molecule has 1 unspecified atom stereocenters. The van der Waals surface area contributed by atoms with Crippen molar-refractivity contribution in [3.05, 3.63) is 60.1 Å². The molecule has 1 atom stereocenters. The van der Waals surface area contributed by atoms with Gasteiger partial charge in [-0.2, -0.15) is 5.10 Å². The molecule has 4 aromatic rings. The maximum Gasteiger partial charge on any atom is 0.475 e. The zero-order valence-electron chi connectivity index (χ0n) is 31.8. The molecule has 2 aromatic heterocycles. The van der Waals surface area contributed by atoms with Crippen LogP contribution in [0.5, 0.6) is 11.5 Å². The fourth-order valence-corrected chi connectivity index (χ4v) is 7.37. The van der Waals surface area contributed by atoms with Crippen LogP contribution in [0.3, 0.4) is 0 Å². The first kappa shape index (κ1) is 41.0. The predicted molar refractivity (Wildman–Crippen MR) is 201 cm³/mol. The Morgan fingerprint density at radius 3 is 2.44 bits per heavy atom. The Labute approximate surface area is 314 Å². The summed E-state index contributed by atoms with van der Waals surface area (Å²) in [6.45, 7) is 11.8. The summed E-state index contributed by atoms with van der Waals surface area (Å²) in [5.41, 5.74) is -0.640. The Balaban J connectivity index is 1.17. The summed E-state index contributed by atoms with van der Waals surface area (Å²) >= 11 is 0. The van der Waals surface area contributed by atoms with E-state index in [1.807, 2.05) is 0 Å². The molecule has 5 rings (SSSR count). The number of phosphoric acid groups is 1. The van der Waals surface area contributed by atoms with Gasteiger partial charge in [-0.15, -0.1) is 0 Å². The van der Waals surface area contributed by atoms with Crippen LogP contribution in [0.25, 0.3) is 10.9 Å². The molecule has 2 aromatic carbocycles. The number of fused-ring (bicyclic) bond motifs is 1. The minimum Gasteiger partial charge on any atom is -0.493 e. The number of nitrogens with zero attached hydrogens (tertiary/aromatic N) is 3. The van der Waals surface area contributed by atoms with Gasteiger partial charge in [0, 0.05) is 35.8 Å². The Hall–Kier alpha value is -4.21. The van der Waals surface area contributed by atoms with Crippen LogP contribution in [0, 0.1) is 17.6 Å². The van der Waals surface area contributed by atoms with Crippen LogP contribution in [0.2, 0.25) is 0 Å². The number of carbonyl (C=O) groups excluding carboxylic acids is 1. The van der Waals surface area contributed by atoms with E-state index in [1.54, 1.807) is 66.9 Å². The van der Waals surface area contributed by atoms with Gasteiger partial charge in [0.15, 0.2) is 29.0 Å². The van der Waals surface area contributed by atoms with Crippen LogP contribution in [-0.2, 0) is 29.4 Å². The van der Waals surface area contributed by atoms with E-state index in [1.165, 1.54) is 31.3 Å². The average molecular weight is 774 g/mol. The number of anilines is 3. The number of halogens is 2. The van der Waals surface area contributed by atoms with Gasteiger partial charge in [-0.1, -0.05) is 18.9 Å². The fourth-order valence-electron chi connectivity index (χ4n) is 5.57. The van der Waals surface area contributed by atoms with Gasteiger partial charge in [0.2, 0.25) is 5.91 Å². The van der Waals surface area contributed by atoms with Gasteiger partial charge in [0.25, 0.3) is 0 Å². The predicted octanol–water partition coefficient (Wildman–Crippen LogP) is 7.85. The highest BCUT2D eigenvalue weighted by Crippen LogP contribution is 2.55. The summed E-state index contributed by atoms with van der Waals surface area (Å²) in [7, 11) is -2.25. The van der Waals surface area contributed by atoms with Gasteiger partial charge in [-0.05, 0) is 78.5 Å². The number of benzene rings is 2. The number of phosphoric ester groups is 1. The lowest BCUT2D eigenvalue weighted by molar-refractivity contribution is -0.115. The maximum absolute atomic E-state index is 14.0. The Bertz CT molecular complexity index is 1930. The summed E-state index contributed by atoms with van der Waals surface area (Å²) in [6, 6.07) is 8.87. The molecule has 1 saturated carbocycles. The van der Waals surface area contributed by atoms with E-state index in [-0.39, 0.29) is 24.8 Å². The van der Waals surface area contributed by atoms with Gasteiger partial charge in [-0.3, -0.25) is 23.5 Å². The van der Waals surface area contributed by atoms with Crippen LogP contribution < -0.4 is 25.4 Å². The van der Waals surface area contributed by atoms with E-state index >= 15 is 0 Å². The van der Waals surface area contributed by atoms with E-state index in [0.717, 1.165) is 12.5 Å². The number of carbonyl (C=O) groups is 1. The highest BCUT2D eigenvalue weighted by molar-refractivity contribution is 7.48. The molecule has 17 heteroatoms. The molecule has 0 bridgehead atoms. The van der Waals surface area contributed by atoms with Gasteiger partial charge in [-0.25, -0.2) is 23.3 Å². The average Bonchev–Trinajstić information content (AvgIpc) is 3.79. The molecule has 1 amide bonds. The minimum absolute atomic E-state index is 0.143. The first-order valence-corrected chi connectivity index (χ1v) is 19.4. The fraction of sp³-hybridized carbons (Fsp3) is 0.514. The second-order valence-electron chi connectivity index (χ2n) is 15.1. The van der Waals surface area contributed by atoms with E-state index in [2.05, 4.69) is 36.1 Å². The number of hydrogen-bond donors (Lipinski definition) is 4. The van der Waals surface area contributed by atoms with Crippen molar-refractivity contribution in [2.75, 3.05) is 37.5 Å². The van der Waals surface area contributed by atoms with Crippen molar-refractivity contribution in [2.45, 2.75) is 90.9 Å². The number of nitrogens with one attached hydrogen (secondary N) is 4. The molecule has 1 aliphatic carbocycles. The van der Waals surface area contributed by atoms with Crippen molar-refractivity contribution in [1.29, 1.82) is 0 Å². The minimum atomic E-state index is -3.80. The van der Waals surface area contributed by atoms with Gasteiger partial charge >= 0.3 is 7.82 Å². The molecule has 0 aliphatic heterocycles. The molecule has 0 spiro atoms. The summed E-state index contributed by atoms with van der Waals surface area (Å²) in [4.78, 5) is 21.3. The number of amides is 1. The van der Waals surface area contributed by atoms with Crippen molar-refractivity contribution in [3.63, 3.8) is 0 Å². The monoisotopic (exact) mass is 773 g/mol. The van der Waals surface area contributed by atoms with E-state index in [9.17, 15) is 18.1 Å². The zero-order chi connectivity index (χ0) is 39.1. The molecule has 54 heavy (non-hydrogen) atoms. The van der Waals surface area contributed by atoms with Gasteiger partial charge in [0.1, 0.15) is 12.1 Å². The van der Waals surface area contributed by atoms with Gasteiger partial charge < -0.3 is 25.4 Å². The summed E-state index contributed by atoms with van der Waals surface area (Å²) < 4.78 is 70.0. The third-order valence-corrected chi connectivity index (χ3v) is 10.0. The molecular formula is C37H50F2N7O7P. The van der Waals surface area contributed by atoms with Gasteiger partial charge in [0.05, 0.1) is 49.2 Å². The lowest BCUT2D eigenvalue weighted by Crippen LogP contribution is -2.34. The molecule has 0 saturated heterocycles. The number of aromatic amines is 1. The van der Waals surface area contributed by atoms with Crippen molar-refractivity contribution >= 4 is 42.0 Å². The largest absolute Gasteiger partial charge is 0.493 e. The number of aromatic nitrogens is 4. The Morgan fingerprint density at radius 1 is 1.02 bits per heavy atom. The summed E-state index contributed by atoms with van der Waals surface area (Å²) in [5, 5.41) is 16.7. The number of rotatable bonds is 19. The number of hydrogen-bond acceptors (Lipinski definition) is 12. The smallest absolute Gasteiger partial charge is 0.475 e. The molecule has 14 nitrogen and oxygen atoms in total. The van der Waals surface area contributed by atoms with E-state index in [4.69, 9.17) is 23.0 Å². The molecule has 1 aliphatic rings. The Morgan fingerprint density at radius 2 is 1.76 bits per heavy atom. The highest BCUT2D eigenvalue weighted by Gasteiger charge is 2.37. The third kappa shape index (κ3) is 12.4. The van der Waals surface area contributed by atoms with Crippen molar-refractivity contribution in [2.24, 2.45) is 5.92 Å². The molecule has 4 N–H and O–H groups in total. The third-order valence-electron chi connectivity index (χ3n) is 7.97. The van der Waals surface area contributed by atoms with Crippen LogP contribution in [0.15, 0.2) is 42.7 Å². The van der Waals surface area contributed by atoms with Crippen LogP contribution in [0.4, 0.5) is 26.1 Å². The first-order valence-electron chi connectivity index (χ1n) is 17.9. The topological polar surface area (TPSA) is 171 Å². The van der Waals surface area contributed by atoms with Crippen molar-refractivity contribution < 1.29 is 41.2 Å². The van der Waals surface area contributed by atoms with Crippen LogP contribution in [0.1, 0.15) is 72.9 Å². The highest BCUT2D eigenvalue weighted by atomic mass is 31.2. The first-order chi connectivity index (χ1) is 25.5.